The maximum Gasteiger partial charge on any atom is 0.226 e. The number of aryl methyl sites for hydroxylation is 1. The highest BCUT2D eigenvalue weighted by Crippen LogP contribution is 2.32. The number of nitrogens with zero attached hydrogens (tertiary/aromatic N) is 3. The van der Waals surface area contributed by atoms with Crippen LogP contribution in [-0.2, 0) is 11.4 Å². The van der Waals surface area contributed by atoms with Gasteiger partial charge in [-0.05, 0) is 57.5 Å². The van der Waals surface area contributed by atoms with E-state index in [1.807, 2.05) is 36.6 Å². The van der Waals surface area contributed by atoms with Gasteiger partial charge in [-0.15, -0.1) is 11.3 Å². The Morgan fingerprint density at radius 2 is 2.21 bits per heavy atom. The molecule has 3 aromatic rings. The summed E-state index contributed by atoms with van der Waals surface area (Å²) in [5.74, 6) is 1.98. The fraction of sp³-hybridized carbons (Fsp3) is 0.381. The lowest BCUT2D eigenvalue weighted by atomic mass is 10.1. The number of hydrogen-bond acceptors (Lipinski definition) is 7. The van der Waals surface area contributed by atoms with Crippen LogP contribution in [-0.4, -0.2) is 33.7 Å². The Labute approximate surface area is 168 Å². The van der Waals surface area contributed by atoms with Gasteiger partial charge in [0, 0.05) is 17.0 Å². The zero-order chi connectivity index (χ0) is 19.5. The molecule has 3 heterocycles. The van der Waals surface area contributed by atoms with Crippen LogP contribution in [0.4, 0.5) is 0 Å². The van der Waals surface area contributed by atoms with Crippen LogP contribution < -0.4 is 4.74 Å². The SMILES string of the molecule is Cc1oc(-c2ccc(OCc3cscn3)cc2)nc1C(C=O)N1CCC[C@H]1C. The predicted octanol–water partition coefficient (Wildman–Crippen LogP) is 4.41. The second-order valence-electron chi connectivity index (χ2n) is 7.06. The zero-order valence-electron chi connectivity index (χ0n) is 16.0. The average Bonchev–Trinajstić information content (AvgIpc) is 3.45. The molecule has 0 spiro atoms. The van der Waals surface area contributed by atoms with Gasteiger partial charge in [0.2, 0.25) is 5.89 Å². The largest absolute Gasteiger partial charge is 0.487 e. The smallest absolute Gasteiger partial charge is 0.226 e. The summed E-state index contributed by atoms with van der Waals surface area (Å²) in [6.07, 6.45) is 3.19. The highest BCUT2D eigenvalue weighted by Gasteiger charge is 2.32. The first kappa shape index (κ1) is 18.8. The molecule has 0 amide bonds. The Hall–Kier alpha value is -2.51. The van der Waals surface area contributed by atoms with E-state index in [4.69, 9.17) is 9.15 Å². The summed E-state index contributed by atoms with van der Waals surface area (Å²) in [6, 6.07) is 7.64. The lowest BCUT2D eigenvalue weighted by molar-refractivity contribution is -0.113. The molecule has 1 aromatic carbocycles. The van der Waals surface area contributed by atoms with Crippen LogP contribution in [0.1, 0.15) is 43.0 Å². The van der Waals surface area contributed by atoms with Crippen molar-refractivity contribution in [2.24, 2.45) is 0 Å². The van der Waals surface area contributed by atoms with E-state index < -0.39 is 0 Å². The van der Waals surface area contributed by atoms with Crippen molar-refractivity contribution in [3.8, 4) is 17.2 Å². The molecule has 146 valence electrons. The number of aromatic nitrogens is 2. The minimum atomic E-state index is -0.351. The maximum atomic E-state index is 11.8. The van der Waals surface area contributed by atoms with Crippen LogP contribution in [0.3, 0.4) is 0 Å². The molecule has 0 radical (unpaired) electrons. The molecule has 4 rings (SSSR count). The molecule has 28 heavy (non-hydrogen) atoms. The number of benzene rings is 1. The number of rotatable bonds is 7. The molecular formula is C21H23N3O3S. The van der Waals surface area contributed by atoms with E-state index in [-0.39, 0.29) is 6.04 Å². The number of carbonyl (C=O) groups excluding carboxylic acids is 1. The number of aldehydes is 1. The van der Waals surface area contributed by atoms with Crippen molar-refractivity contribution in [3.63, 3.8) is 0 Å². The molecular weight excluding hydrogens is 374 g/mol. The van der Waals surface area contributed by atoms with E-state index in [1.165, 1.54) is 0 Å². The normalized spacial score (nSPS) is 18.3. The lowest BCUT2D eigenvalue weighted by Gasteiger charge is -2.26. The summed E-state index contributed by atoms with van der Waals surface area (Å²) in [6.45, 7) is 5.38. The maximum absolute atomic E-state index is 11.8. The van der Waals surface area contributed by atoms with Crippen molar-refractivity contribution >= 4 is 17.6 Å². The number of thiazole rings is 1. The molecule has 1 saturated heterocycles. The van der Waals surface area contributed by atoms with Gasteiger partial charge in [-0.25, -0.2) is 9.97 Å². The molecule has 0 aliphatic carbocycles. The number of likely N-dealkylation sites (tertiary alicyclic amines) is 1. The predicted molar refractivity (Wildman–Crippen MR) is 107 cm³/mol. The first-order chi connectivity index (χ1) is 13.7. The fourth-order valence-corrected chi connectivity index (χ4v) is 4.18. The van der Waals surface area contributed by atoms with Gasteiger partial charge >= 0.3 is 0 Å². The van der Waals surface area contributed by atoms with Gasteiger partial charge in [0.15, 0.2) is 0 Å². The molecule has 1 fully saturated rings. The molecule has 6 nitrogen and oxygen atoms in total. The quantitative estimate of drug-likeness (QED) is 0.550. The van der Waals surface area contributed by atoms with E-state index >= 15 is 0 Å². The third kappa shape index (κ3) is 3.86. The molecule has 1 unspecified atom stereocenters. The van der Waals surface area contributed by atoms with E-state index in [2.05, 4.69) is 21.8 Å². The topological polar surface area (TPSA) is 68.5 Å². The van der Waals surface area contributed by atoms with Gasteiger partial charge in [0.05, 0.1) is 11.2 Å². The Bertz CT molecular complexity index is 921. The lowest BCUT2D eigenvalue weighted by Crippen LogP contribution is -2.33. The zero-order valence-corrected chi connectivity index (χ0v) is 16.8. The van der Waals surface area contributed by atoms with E-state index in [0.29, 0.717) is 30.0 Å². The van der Waals surface area contributed by atoms with Crippen LogP contribution in [0.5, 0.6) is 5.75 Å². The van der Waals surface area contributed by atoms with Gasteiger partial charge in [-0.3, -0.25) is 4.90 Å². The Balaban J connectivity index is 1.50. The molecule has 0 bridgehead atoms. The van der Waals surface area contributed by atoms with Crippen molar-refractivity contribution in [1.29, 1.82) is 0 Å². The molecule has 2 atom stereocenters. The molecule has 0 N–H and O–H groups in total. The van der Waals surface area contributed by atoms with Crippen molar-refractivity contribution < 1.29 is 13.9 Å². The van der Waals surface area contributed by atoms with E-state index in [0.717, 1.165) is 42.7 Å². The van der Waals surface area contributed by atoms with Gasteiger partial charge in [-0.2, -0.15) is 0 Å². The van der Waals surface area contributed by atoms with Crippen LogP contribution in [0.15, 0.2) is 39.6 Å². The van der Waals surface area contributed by atoms with E-state index in [9.17, 15) is 4.79 Å². The highest BCUT2D eigenvalue weighted by atomic mass is 32.1. The Morgan fingerprint density at radius 1 is 1.39 bits per heavy atom. The van der Waals surface area contributed by atoms with Gasteiger partial charge < -0.3 is 13.9 Å². The monoisotopic (exact) mass is 397 g/mol. The minimum Gasteiger partial charge on any atom is -0.487 e. The summed E-state index contributed by atoms with van der Waals surface area (Å²) in [7, 11) is 0. The molecule has 7 heteroatoms. The summed E-state index contributed by atoms with van der Waals surface area (Å²) >= 11 is 1.55. The van der Waals surface area contributed by atoms with Crippen LogP contribution >= 0.6 is 11.3 Å². The molecule has 1 aliphatic heterocycles. The van der Waals surface area contributed by atoms with Crippen molar-refractivity contribution in [3.05, 3.63) is 52.3 Å². The minimum absolute atomic E-state index is 0.351. The van der Waals surface area contributed by atoms with E-state index in [1.54, 1.807) is 16.8 Å². The highest BCUT2D eigenvalue weighted by molar-refractivity contribution is 7.07. The summed E-state index contributed by atoms with van der Waals surface area (Å²) in [5, 5.41) is 1.97. The van der Waals surface area contributed by atoms with Gasteiger partial charge in [-0.1, -0.05) is 0 Å². The molecule has 1 aliphatic rings. The number of oxazole rings is 1. The number of carbonyl (C=O) groups is 1. The Morgan fingerprint density at radius 3 is 2.86 bits per heavy atom. The second kappa shape index (κ2) is 8.24. The number of hydrogen-bond donors (Lipinski definition) is 0. The summed E-state index contributed by atoms with van der Waals surface area (Å²) in [4.78, 5) is 22.9. The third-order valence-electron chi connectivity index (χ3n) is 5.17. The fourth-order valence-electron chi connectivity index (χ4n) is 3.63. The summed E-state index contributed by atoms with van der Waals surface area (Å²) in [5.41, 5.74) is 4.27. The standard InChI is InChI=1S/C21H23N3O3S/c1-14-4-3-9-24(14)19(10-25)20-15(2)27-21(23-20)16-5-7-18(8-6-16)26-11-17-12-28-13-22-17/h5-8,10,12-14,19H,3-4,9,11H2,1-2H3/t14-,19?/m1/s1. The second-order valence-corrected chi connectivity index (χ2v) is 7.78. The van der Waals surface area contributed by atoms with Crippen molar-refractivity contribution in [2.45, 2.75) is 45.4 Å². The van der Waals surface area contributed by atoms with Gasteiger partial charge in [0.1, 0.15) is 36.1 Å². The average molecular weight is 398 g/mol. The Kier molecular flexibility index (Phi) is 5.54. The van der Waals surface area contributed by atoms with Crippen molar-refractivity contribution in [2.75, 3.05) is 6.54 Å². The van der Waals surface area contributed by atoms with Crippen LogP contribution in [0, 0.1) is 6.92 Å². The number of ether oxygens (including phenoxy) is 1. The van der Waals surface area contributed by atoms with Crippen molar-refractivity contribution in [1.82, 2.24) is 14.9 Å². The summed E-state index contributed by atoms with van der Waals surface area (Å²) < 4.78 is 11.6. The first-order valence-electron chi connectivity index (χ1n) is 9.44. The van der Waals surface area contributed by atoms with Crippen LogP contribution in [0.25, 0.3) is 11.5 Å². The molecule has 2 aromatic heterocycles. The van der Waals surface area contributed by atoms with Gasteiger partial charge in [0.25, 0.3) is 0 Å². The first-order valence-corrected chi connectivity index (χ1v) is 10.4. The molecule has 0 saturated carbocycles. The van der Waals surface area contributed by atoms with Crippen LogP contribution in [0.2, 0.25) is 0 Å². The third-order valence-corrected chi connectivity index (χ3v) is 5.81.